The number of carbonyl (C=O) groups excluding carboxylic acids is 1. The summed E-state index contributed by atoms with van der Waals surface area (Å²) in [7, 11) is 0. The summed E-state index contributed by atoms with van der Waals surface area (Å²) in [6, 6.07) is 11.5. The highest BCUT2D eigenvalue weighted by Crippen LogP contribution is 2.42. The fraction of sp³-hybridized carbons (Fsp3) is 0.381. The maximum Gasteiger partial charge on any atom is 0.206 e. The molecule has 4 atom stereocenters. The number of aliphatic hydroxyl groups excluding tert-OH is 2. The van der Waals surface area contributed by atoms with Gasteiger partial charge in [-0.15, -0.1) is 0 Å². The Kier molecular flexibility index (Phi) is 7.28. The van der Waals surface area contributed by atoms with Crippen LogP contribution in [0.4, 0.5) is 0 Å². The molecule has 0 amide bonds. The van der Waals surface area contributed by atoms with Gasteiger partial charge < -0.3 is 14.9 Å². The van der Waals surface area contributed by atoms with Gasteiger partial charge in [0.15, 0.2) is 5.60 Å². The summed E-state index contributed by atoms with van der Waals surface area (Å²) in [6.07, 6.45) is 0.424. The fourth-order valence-electron chi connectivity index (χ4n) is 3.05. The van der Waals surface area contributed by atoms with Gasteiger partial charge in [0, 0.05) is 34.8 Å². The molecule has 2 unspecified atom stereocenters. The maximum absolute atomic E-state index is 12.7. The second-order valence-corrected chi connectivity index (χ2v) is 9.26. The predicted octanol–water partition coefficient (Wildman–Crippen LogP) is 3.96. The molecule has 1 aliphatic rings. The molecule has 28 heavy (non-hydrogen) atoms. The minimum absolute atomic E-state index is 0.0187. The number of thiol groups is 1. The molecule has 0 aliphatic carbocycles. The van der Waals surface area contributed by atoms with Crippen molar-refractivity contribution in [3.8, 4) is 0 Å². The van der Waals surface area contributed by atoms with E-state index in [4.69, 9.17) is 4.74 Å². The minimum atomic E-state index is -0.998. The molecule has 1 aromatic carbocycles. The number of hydrogen-bond donors (Lipinski definition) is 3. The lowest BCUT2D eigenvalue weighted by Crippen LogP contribution is -2.30. The molecule has 150 valence electrons. The van der Waals surface area contributed by atoms with E-state index in [9.17, 15) is 15.0 Å². The summed E-state index contributed by atoms with van der Waals surface area (Å²) >= 11 is 7.18. The normalized spacial score (nSPS) is 22.4. The van der Waals surface area contributed by atoms with Crippen molar-refractivity contribution in [2.45, 2.75) is 36.4 Å². The standard InChI is InChI=1S/C21H24O4S3/c1-21(15-5-3-2-4-6-15)20(24)10-16(25-21)9-19(14-7-8-27-12-14)28-13-18(23)17(22)11-26/h2-8,10,12,17-19,22-23,26H,9,11,13H2,1H3/t17-,18-,19?,21?/m0/s1. The van der Waals surface area contributed by atoms with Crippen LogP contribution < -0.4 is 0 Å². The van der Waals surface area contributed by atoms with Crippen molar-refractivity contribution < 1.29 is 19.7 Å². The Morgan fingerprint density at radius 2 is 1.96 bits per heavy atom. The molecule has 7 heteroatoms. The highest BCUT2D eigenvalue weighted by molar-refractivity contribution is 7.99. The Morgan fingerprint density at radius 3 is 2.61 bits per heavy atom. The van der Waals surface area contributed by atoms with Gasteiger partial charge >= 0.3 is 0 Å². The molecule has 0 bridgehead atoms. The van der Waals surface area contributed by atoms with Crippen molar-refractivity contribution in [1.82, 2.24) is 0 Å². The molecular weight excluding hydrogens is 412 g/mol. The zero-order chi connectivity index (χ0) is 20.1. The molecule has 0 fully saturated rings. The van der Waals surface area contributed by atoms with Crippen LogP contribution in [0.3, 0.4) is 0 Å². The number of benzene rings is 1. The summed E-state index contributed by atoms with van der Waals surface area (Å²) in [5, 5.41) is 23.9. The number of hydrogen-bond acceptors (Lipinski definition) is 7. The topological polar surface area (TPSA) is 66.8 Å². The number of thiophene rings is 1. The van der Waals surface area contributed by atoms with Crippen LogP contribution in [0.15, 0.2) is 59.0 Å². The quantitative estimate of drug-likeness (QED) is 0.519. The third kappa shape index (κ3) is 4.83. The zero-order valence-corrected chi connectivity index (χ0v) is 18.1. The first-order valence-corrected chi connectivity index (χ1v) is 11.7. The van der Waals surface area contributed by atoms with Gasteiger partial charge in [0.25, 0.3) is 0 Å². The lowest BCUT2D eigenvalue weighted by molar-refractivity contribution is -0.129. The predicted molar refractivity (Wildman–Crippen MR) is 118 cm³/mol. The Labute approximate surface area is 179 Å². The first-order chi connectivity index (χ1) is 13.4. The molecule has 3 rings (SSSR count). The van der Waals surface area contributed by atoms with Crippen molar-refractivity contribution in [3.63, 3.8) is 0 Å². The number of aliphatic hydroxyl groups is 2. The third-order valence-corrected chi connectivity index (χ3v) is 7.27. The van der Waals surface area contributed by atoms with Crippen LogP contribution in [0.1, 0.15) is 29.7 Å². The Morgan fingerprint density at radius 1 is 1.21 bits per heavy atom. The van der Waals surface area contributed by atoms with E-state index in [1.54, 1.807) is 36.1 Å². The Hall–Kier alpha value is -1.25. The van der Waals surface area contributed by atoms with Gasteiger partial charge in [-0.3, -0.25) is 4.79 Å². The van der Waals surface area contributed by atoms with Gasteiger partial charge in [-0.05, 0) is 29.3 Å². The van der Waals surface area contributed by atoms with Crippen LogP contribution in [-0.2, 0) is 15.1 Å². The van der Waals surface area contributed by atoms with Crippen molar-refractivity contribution in [2.75, 3.05) is 11.5 Å². The van der Waals surface area contributed by atoms with Crippen molar-refractivity contribution in [3.05, 3.63) is 70.1 Å². The highest BCUT2D eigenvalue weighted by atomic mass is 32.2. The van der Waals surface area contributed by atoms with E-state index < -0.39 is 17.8 Å². The van der Waals surface area contributed by atoms with Crippen molar-refractivity contribution in [2.24, 2.45) is 0 Å². The van der Waals surface area contributed by atoms with Crippen LogP contribution in [0.2, 0.25) is 0 Å². The van der Waals surface area contributed by atoms with Gasteiger partial charge in [0.2, 0.25) is 5.78 Å². The van der Waals surface area contributed by atoms with Crippen LogP contribution in [-0.4, -0.2) is 39.7 Å². The van der Waals surface area contributed by atoms with E-state index in [2.05, 4.69) is 18.0 Å². The summed E-state index contributed by atoms with van der Waals surface area (Å²) in [6.45, 7) is 1.80. The molecule has 0 saturated heterocycles. The molecule has 2 aromatic rings. The summed E-state index contributed by atoms with van der Waals surface area (Å²) in [5.74, 6) is 1.17. The lowest BCUT2D eigenvalue weighted by Gasteiger charge is -2.26. The van der Waals surface area contributed by atoms with Gasteiger partial charge in [-0.1, -0.05) is 30.3 Å². The number of ether oxygens (including phenoxy) is 1. The van der Waals surface area contributed by atoms with E-state index in [1.807, 2.05) is 41.8 Å². The molecule has 0 spiro atoms. The van der Waals surface area contributed by atoms with Gasteiger partial charge in [-0.25, -0.2) is 0 Å². The number of allylic oxidation sites excluding steroid dienone is 1. The SMILES string of the molecule is CC1(c2ccccc2)OC(CC(SC[C@H](O)[C@@H](O)CS)c2ccsc2)=CC1=O. The van der Waals surface area contributed by atoms with E-state index in [1.165, 1.54) is 0 Å². The van der Waals surface area contributed by atoms with E-state index in [-0.39, 0.29) is 16.8 Å². The second-order valence-electron chi connectivity index (χ2n) is 6.88. The van der Waals surface area contributed by atoms with Crippen molar-refractivity contribution >= 4 is 41.5 Å². The Balaban J connectivity index is 1.71. The average Bonchev–Trinajstić information content (AvgIpc) is 3.34. The Bertz CT molecular complexity index is 806. The molecule has 2 heterocycles. The van der Waals surface area contributed by atoms with Gasteiger partial charge in [0.05, 0.1) is 12.2 Å². The first kappa shape index (κ1) is 21.5. The molecule has 1 aromatic heterocycles. The lowest BCUT2D eigenvalue weighted by atomic mass is 9.92. The number of carbonyl (C=O) groups is 1. The van der Waals surface area contributed by atoms with Crippen LogP contribution in [0.5, 0.6) is 0 Å². The second kappa shape index (κ2) is 9.50. The fourth-order valence-corrected chi connectivity index (χ4v) is 5.36. The van der Waals surface area contributed by atoms with Crippen LogP contribution in [0.25, 0.3) is 0 Å². The number of thioether (sulfide) groups is 1. The summed E-state index contributed by atoms with van der Waals surface area (Å²) in [5.41, 5.74) is 0.952. The molecule has 0 radical (unpaired) electrons. The molecular formula is C21H24O4S3. The first-order valence-electron chi connectivity index (χ1n) is 9.04. The maximum atomic E-state index is 12.7. The van der Waals surface area contributed by atoms with Crippen molar-refractivity contribution in [1.29, 1.82) is 0 Å². The van der Waals surface area contributed by atoms with E-state index in [0.29, 0.717) is 17.9 Å². The molecule has 2 N–H and O–H groups in total. The monoisotopic (exact) mass is 436 g/mol. The smallest absolute Gasteiger partial charge is 0.206 e. The largest absolute Gasteiger partial charge is 0.479 e. The third-order valence-electron chi connectivity index (χ3n) is 4.82. The van der Waals surface area contributed by atoms with Crippen LogP contribution in [0, 0.1) is 0 Å². The van der Waals surface area contributed by atoms with E-state index >= 15 is 0 Å². The average molecular weight is 437 g/mol. The van der Waals surface area contributed by atoms with Gasteiger partial charge in [-0.2, -0.15) is 35.7 Å². The summed E-state index contributed by atoms with van der Waals surface area (Å²) in [4.78, 5) is 12.7. The highest BCUT2D eigenvalue weighted by Gasteiger charge is 2.42. The molecule has 0 saturated carbocycles. The molecule has 4 nitrogen and oxygen atoms in total. The number of rotatable bonds is 9. The van der Waals surface area contributed by atoms with Crippen LogP contribution >= 0.6 is 35.7 Å². The summed E-state index contributed by atoms with van der Waals surface area (Å²) < 4.78 is 6.13. The zero-order valence-electron chi connectivity index (χ0n) is 15.5. The number of ketones is 1. The van der Waals surface area contributed by atoms with E-state index in [0.717, 1.165) is 11.1 Å². The van der Waals surface area contributed by atoms with Gasteiger partial charge in [0.1, 0.15) is 5.76 Å². The molecule has 1 aliphatic heterocycles. The minimum Gasteiger partial charge on any atom is -0.479 e.